The van der Waals surface area contributed by atoms with E-state index in [1.807, 2.05) is 41.0 Å². The minimum absolute atomic E-state index is 0.0397. The molecule has 0 spiro atoms. The van der Waals surface area contributed by atoms with Crippen molar-refractivity contribution in [3.8, 4) is 5.75 Å². The van der Waals surface area contributed by atoms with Gasteiger partial charge in [0.1, 0.15) is 6.61 Å². The number of aliphatic hydroxyl groups excluding tert-OH is 1. The number of pyridine rings is 2. The van der Waals surface area contributed by atoms with E-state index in [-0.39, 0.29) is 29.3 Å². The highest BCUT2D eigenvalue weighted by molar-refractivity contribution is 5.87. The molecule has 0 radical (unpaired) electrons. The van der Waals surface area contributed by atoms with E-state index in [9.17, 15) is 14.0 Å². The summed E-state index contributed by atoms with van der Waals surface area (Å²) in [6.45, 7) is 0.105. The van der Waals surface area contributed by atoms with Gasteiger partial charge in [-0.2, -0.15) is 0 Å². The third-order valence-electron chi connectivity index (χ3n) is 5.21. The van der Waals surface area contributed by atoms with Gasteiger partial charge in [0, 0.05) is 36.2 Å². The normalized spacial score (nSPS) is 13.0. The molecule has 5 rings (SSSR count). The lowest BCUT2D eigenvalue weighted by molar-refractivity contribution is 0.112. The van der Waals surface area contributed by atoms with E-state index in [2.05, 4.69) is 4.98 Å². The van der Waals surface area contributed by atoms with Crippen molar-refractivity contribution in [2.24, 2.45) is 0 Å². The highest BCUT2D eigenvalue weighted by Crippen LogP contribution is 2.38. The summed E-state index contributed by atoms with van der Waals surface area (Å²) in [5.41, 5.74) is 1.67. The number of rotatable bonds is 5. The number of hydrogen-bond donors (Lipinski definition) is 1. The molecule has 0 saturated heterocycles. The predicted octanol–water partition coefficient (Wildman–Crippen LogP) is 4.02. The third kappa shape index (κ3) is 4.04. The van der Waals surface area contributed by atoms with Crippen LogP contribution in [-0.2, 0) is 6.61 Å². The van der Waals surface area contributed by atoms with E-state index in [0.717, 1.165) is 36.9 Å². The molecule has 0 amide bonds. The molecule has 31 heavy (non-hydrogen) atoms. The molecular formula is C24H21FN2O4. The average Bonchev–Trinajstić information content (AvgIpc) is 3.65. The van der Waals surface area contributed by atoms with Crippen LogP contribution in [0.3, 0.4) is 0 Å². The molecule has 6 nitrogen and oxygen atoms in total. The second-order valence-electron chi connectivity index (χ2n) is 7.25. The Morgan fingerprint density at radius 3 is 2.71 bits per heavy atom. The first kappa shape index (κ1) is 20.7. The molecule has 4 aromatic rings. The molecule has 1 fully saturated rings. The number of benzene rings is 2. The minimum Gasteiger partial charge on any atom is -0.484 e. The zero-order valence-corrected chi connectivity index (χ0v) is 16.9. The van der Waals surface area contributed by atoms with Gasteiger partial charge in [-0.25, -0.2) is 9.37 Å². The van der Waals surface area contributed by atoms with Gasteiger partial charge in [0.15, 0.2) is 23.3 Å². The number of nitrogens with zero attached hydrogens (tertiary/aromatic N) is 2. The van der Waals surface area contributed by atoms with Gasteiger partial charge in [0.2, 0.25) is 0 Å². The van der Waals surface area contributed by atoms with Crippen molar-refractivity contribution >= 4 is 28.1 Å². The fourth-order valence-electron chi connectivity index (χ4n) is 3.56. The Bertz CT molecular complexity index is 1330. The Balaban J connectivity index is 0.00000112. The van der Waals surface area contributed by atoms with Crippen LogP contribution in [0.1, 0.15) is 34.9 Å². The Morgan fingerprint density at radius 1 is 1.19 bits per heavy atom. The monoisotopic (exact) mass is 420 g/mol. The maximum absolute atomic E-state index is 14.7. The van der Waals surface area contributed by atoms with Crippen LogP contribution < -0.4 is 10.2 Å². The quantitative estimate of drug-likeness (QED) is 0.493. The van der Waals surface area contributed by atoms with Crippen LogP contribution >= 0.6 is 0 Å². The summed E-state index contributed by atoms with van der Waals surface area (Å²) in [5, 5.41) is 8.21. The fourth-order valence-corrected chi connectivity index (χ4v) is 3.56. The Labute approximate surface area is 177 Å². The van der Waals surface area contributed by atoms with E-state index < -0.39 is 11.2 Å². The summed E-state index contributed by atoms with van der Waals surface area (Å²) in [4.78, 5) is 28.2. The molecule has 1 N–H and O–H groups in total. The molecule has 7 heteroatoms. The van der Waals surface area contributed by atoms with Crippen molar-refractivity contribution in [3.05, 3.63) is 82.0 Å². The van der Waals surface area contributed by atoms with Crippen LogP contribution in [0.15, 0.2) is 59.5 Å². The number of hydrogen-bond acceptors (Lipinski definition) is 5. The number of halogens is 1. The van der Waals surface area contributed by atoms with E-state index in [1.165, 1.54) is 0 Å². The summed E-state index contributed by atoms with van der Waals surface area (Å²) in [6.07, 6.45) is 4.01. The summed E-state index contributed by atoms with van der Waals surface area (Å²) in [5.74, 6) is -0.583. The maximum atomic E-state index is 14.7. The zero-order chi connectivity index (χ0) is 22.0. The van der Waals surface area contributed by atoms with Crippen molar-refractivity contribution < 1.29 is 19.0 Å². The lowest BCUT2D eigenvalue weighted by Gasteiger charge is -2.14. The van der Waals surface area contributed by atoms with Gasteiger partial charge in [-0.3, -0.25) is 9.59 Å². The van der Waals surface area contributed by atoms with Crippen molar-refractivity contribution in [3.63, 3.8) is 0 Å². The van der Waals surface area contributed by atoms with Crippen LogP contribution in [0.5, 0.6) is 5.75 Å². The molecule has 1 aliphatic carbocycles. The molecule has 2 heterocycles. The molecule has 2 aromatic carbocycles. The van der Waals surface area contributed by atoms with Crippen molar-refractivity contribution in [2.45, 2.75) is 25.5 Å². The second-order valence-corrected chi connectivity index (χ2v) is 7.25. The summed E-state index contributed by atoms with van der Waals surface area (Å²) < 4.78 is 22.2. The van der Waals surface area contributed by atoms with E-state index in [4.69, 9.17) is 9.84 Å². The van der Waals surface area contributed by atoms with E-state index >= 15 is 0 Å². The number of aldehydes is 1. The third-order valence-corrected chi connectivity index (χ3v) is 5.21. The van der Waals surface area contributed by atoms with Gasteiger partial charge in [-0.15, -0.1) is 0 Å². The predicted molar refractivity (Wildman–Crippen MR) is 116 cm³/mol. The molecule has 0 bridgehead atoms. The van der Waals surface area contributed by atoms with Crippen LogP contribution in [0.2, 0.25) is 0 Å². The SMILES string of the molecule is CO.O=Cc1cn(C2CC2)c2cc(OCc3ccc4ccccc4n3)c(F)cc2c1=O. The Hall–Kier alpha value is -3.58. The molecule has 0 atom stereocenters. The summed E-state index contributed by atoms with van der Waals surface area (Å²) in [6, 6.07) is 14.5. The standard InChI is InChI=1S/C23H17FN2O3.CH4O/c24-19-9-18-21(26(17-7-8-17)11-15(12-27)23(18)28)10-22(19)29-13-16-6-5-14-3-1-2-4-20(14)25-16;1-2/h1-6,9-12,17H,7-8,13H2;2H,1H3. The number of para-hydroxylation sites is 1. The summed E-state index contributed by atoms with van der Waals surface area (Å²) in [7, 11) is 1.00. The smallest absolute Gasteiger partial charge is 0.199 e. The van der Waals surface area contributed by atoms with Gasteiger partial charge >= 0.3 is 0 Å². The molecule has 0 unspecified atom stereocenters. The van der Waals surface area contributed by atoms with E-state index in [1.54, 1.807) is 12.3 Å². The highest BCUT2D eigenvalue weighted by atomic mass is 19.1. The minimum atomic E-state index is -0.638. The van der Waals surface area contributed by atoms with Gasteiger partial charge in [0.25, 0.3) is 0 Å². The fraction of sp³-hybridized carbons (Fsp3) is 0.208. The van der Waals surface area contributed by atoms with Gasteiger partial charge in [0.05, 0.1) is 22.3 Å². The average molecular weight is 420 g/mol. The van der Waals surface area contributed by atoms with Crippen LogP contribution in [0, 0.1) is 5.82 Å². The van der Waals surface area contributed by atoms with Crippen LogP contribution in [-0.4, -0.2) is 28.1 Å². The maximum Gasteiger partial charge on any atom is 0.199 e. The number of carbonyl (C=O) groups excluding carboxylic acids is 1. The number of carbonyl (C=O) groups is 1. The van der Waals surface area contributed by atoms with E-state index in [0.29, 0.717) is 17.5 Å². The number of fused-ring (bicyclic) bond motifs is 2. The van der Waals surface area contributed by atoms with Crippen molar-refractivity contribution in [1.29, 1.82) is 0 Å². The number of aromatic nitrogens is 2. The zero-order valence-electron chi connectivity index (χ0n) is 16.9. The summed E-state index contributed by atoms with van der Waals surface area (Å²) >= 11 is 0. The molecule has 1 aliphatic rings. The van der Waals surface area contributed by atoms with Crippen molar-refractivity contribution in [1.82, 2.24) is 9.55 Å². The Kier molecular flexibility index (Phi) is 5.77. The van der Waals surface area contributed by atoms with Crippen LogP contribution in [0.25, 0.3) is 21.8 Å². The van der Waals surface area contributed by atoms with Crippen molar-refractivity contribution in [2.75, 3.05) is 7.11 Å². The van der Waals surface area contributed by atoms with Crippen LogP contribution in [0.4, 0.5) is 4.39 Å². The van der Waals surface area contributed by atoms with Gasteiger partial charge in [-0.1, -0.05) is 24.3 Å². The lowest BCUT2D eigenvalue weighted by Crippen LogP contribution is -2.14. The topological polar surface area (TPSA) is 81.4 Å². The molecule has 1 saturated carbocycles. The lowest BCUT2D eigenvalue weighted by atomic mass is 10.1. The second kappa shape index (κ2) is 8.65. The largest absolute Gasteiger partial charge is 0.484 e. The number of ether oxygens (including phenoxy) is 1. The molecular weight excluding hydrogens is 399 g/mol. The van der Waals surface area contributed by atoms with Gasteiger partial charge in [-0.05, 0) is 31.0 Å². The molecule has 158 valence electrons. The number of aliphatic hydroxyl groups is 1. The van der Waals surface area contributed by atoms with Gasteiger partial charge < -0.3 is 14.4 Å². The first-order valence-corrected chi connectivity index (χ1v) is 9.90. The first-order valence-electron chi connectivity index (χ1n) is 9.90. The highest BCUT2D eigenvalue weighted by Gasteiger charge is 2.26. The Morgan fingerprint density at radius 2 is 1.97 bits per heavy atom. The molecule has 2 aromatic heterocycles. The first-order chi connectivity index (χ1) is 15.1. The molecule has 0 aliphatic heterocycles.